The number of aromatic nitrogens is 1. The standard InChI is InChI=1S/C12H7Cl2IN2O/c13-9-5-7(15)1-2-11(9)17-12(18)8-3-4-16-6-10(8)14/h1-6H,(H,17,18). The first-order valence-electron chi connectivity index (χ1n) is 4.94. The highest BCUT2D eigenvalue weighted by Crippen LogP contribution is 2.25. The number of halogens is 3. The maximum atomic E-state index is 12.0. The fourth-order valence-electron chi connectivity index (χ4n) is 1.34. The molecule has 1 aromatic carbocycles. The molecule has 0 atom stereocenters. The van der Waals surface area contributed by atoms with Crippen molar-refractivity contribution in [3.63, 3.8) is 0 Å². The van der Waals surface area contributed by atoms with Crippen molar-refractivity contribution in [2.75, 3.05) is 5.32 Å². The molecule has 1 amide bonds. The van der Waals surface area contributed by atoms with E-state index in [1.165, 1.54) is 12.4 Å². The van der Waals surface area contributed by atoms with Crippen molar-refractivity contribution < 1.29 is 4.79 Å². The Morgan fingerprint density at radius 3 is 2.67 bits per heavy atom. The largest absolute Gasteiger partial charge is 0.321 e. The maximum absolute atomic E-state index is 12.0. The first kappa shape index (κ1) is 13.6. The highest BCUT2D eigenvalue weighted by atomic mass is 127. The Kier molecular flexibility index (Phi) is 4.42. The van der Waals surface area contributed by atoms with Crippen LogP contribution in [0.1, 0.15) is 10.4 Å². The number of amides is 1. The summed E-state index contributed by atoms with van der Waals surface area (Å²) in [6.45, 7) is 0. The Labute approximate surface area is 128 Å². The van der Waals surface area contributed by atoms with Gasteiger partial charge in [0.05, 0.1) is 21.3 Å². The first-order chi connectivity index (χ1) is 8.58. The molecule has 0 bridgehead atoms. The van der Waals surface area contributed by atoms with Crippen LogP contribution < -0.4 is 5.32 Å². The summed E-state index contributed by atoms with van der Waals surface area (Å²) < 4.78 is 0.998. The third-order valence-electron chi connectivity index (χ3n) is 2.20. The maximum Gasteiger partial charge on any atom is 0.257 e. The molecule has 18 heavy (non-hydrogen) atoms. The van der Waals surface area contributed by atoms with E-state index in [1.807, 2.05) is 6.07 Å². The summed E-state index contributed by atoms with van der Waals surface area (Å²) in [5.74, 6) is -0.314. The van der Waals surface area contributed by atoms with Crippen molar-refractivity contribution in [3.05, 3.63) is 55.8 Å². The SMILES string of the molecule is O=C(Nc1ccc(I)cc1Cl)c1ccncc1Cl. The topological polar surface area (TPSA) is 42.0 Å². The number of carbonyl (C=O) groups is 1. The summed E-state index contributed by atoms with van der Waals surface area (Å²) in [4.78, 5) is 15.8. The van der Waals surface area contributed by atoms with E-state index < -0.39 is 0 Å². The van der Waals surface area contributed by atoms with Crippen LogP contribution in [0.4, 0.5) is 5.69 Å². The number of nitrogens with one attached hydrogen (secondary N) is 1. The molecular weight excluding hydrogens is 386 g/mol. The predicted molar refractivity (Wildman–Crippen MR) is 81.4 cm³/mol. The lowest BCUT2D eigenvalue weighted by molar-refractivity contribution is 0.102. The Morgan fingerprint density at radius 2 is 2.00 bits per heavy atom. The zero-order chi connectivity index (χ0) is 13.1. The van der Waals surface area contributed by atoms with Gasteiger partial charge in [0.1, 0.15) is 0 Å². The highest BCUT2D eigenvalue weighted by Gasteiger charge is 2.11. The monoisotopic (exact) mass is 392 g/mol. The molecule has 0 saturated heterocycles. The molecule has 0 unspecified atom stereocenters. The van der Waals surface area contributed by atoms with Gasteiger partial charge in [0.25, 0.3) is 5.91 Å². The molecule has 6 heteroatoms. The highest BCUT2D eigenvalue weighted by molar-refractivity contribution is 14.1. The van der Waals surface area contributed by atoms with Crippen LogP contribution in [0.3, 0.4) is 0 Å². The molecule has 2 rings (SSSR count). The number of benzene rings is 1. The summed E-state index contributed by atoms with van der Waals surface area (Å²) in [7, 11) is 0. The van der Waals surface area contributed by atoms with Gasteiger partial charge in [-0.25, -0.2) is 0 Å². The van der Waals surface area contributed by atoms with Gasteiger partial charge in [-0.05, 0) is 46.9 Å². The summed E-state index contributed by atoms with van der Waals surface area (Å²) in [6.07, 6.45) is 2.93. The second-order valence-corrected chi connectivity index (χ2v) is 5.49. The van der Waals surface area contributed by atoms with Crippen molar-refractivity contribution >= 4 is 57.4 Å². The fraction of sp³-hybridized carbons (Fsp3) is 0. The zero-order valence-corrected chi connectivity index (χ0v) is 12.6. The minimum atomic E-state index is -0.314. The molecule has 0 aliphatic carbocycles. The molecular formula is C12H7Cl2IN2O. The molecule has 0 fully saturated rings. The molecule has 0 radical (unpaired) electrons. The van der Waals surface area contributed by atoms with Crippen molar-refractivity contribution in [1.82, 2.24) is 4.98 Å². The average molecular weight is 393 g/mol. The second kappa shape index (κ2) is 5.86. The van der Waals surface area contributed by atoms with E-state index in [9.17, 15) is 4.79 Å². The number of anilines is 1. The normalized spacial score (nSPS) is 10.2. The van der Waals surface area contributed by atoms with Gasteiger partial charge >= 0.3 is 0 Å². The van der Waals surface area contributed by atoms with Crippen LogP contribution >= 0.6 is 45.8 Å². The fourth-order valence-corrected chi connectivity index (χ4v) is 2.45. The third kappa shape index (κ3) is 3.13. The van der Waals surface area contributed by atoms with Crippen LogP contribution in [0.25, 0.3) is 0 Å². The van der Waals surface area contributed by atoms with Gasteiger partial charge in [0.2, 0.25) is 0 Å². The van der Waals surface area contributed by atoms with Crippen LogP contribution in [0.2, 0.25) is 10.0 Å². The van der Waals surface area contributed by atoms with Gasteiger partial charge in [-0.15, -0.1) is 0 Å². The average Bonchev–Trinajstić information content (AvgIpc) is 2.33. The Bertz CT molecular complexity index is 604. The van der Waals surface area contributed by atoms with E-state index in [0.29, 0.717) is 21.3 Å². The second-order valence-electron chi connectivity index (χ2n) is 3.43. The van der Waals surface area contributed by atoms with Gasteiger partial charge < -0.3 is 5.32 Å². The molecule has 0 aliphatic heterocycles. The molecule has 0 spiro atoms. The molecule has 1 aromatic heterocycles. The minimum absolute atomic E-state index is 0.302. The van der Waals surface area contributed by atoms with Crippen LogP contribution in [-0.4, -0.2) is 10.9 Å². The summed E-state index contributed by atoms with van der Waals surface area (Å²) in [6, 6.07) is 6.93. The van der Waals surface area contributed by atoms with Gasteiger partial charge in [-0.1, -0.05) is 23.2 Å². The quantitative estimate of drug-likeness (QED) is 0.776. The van der Waals surface area contributed by atoms with E-state index in [0.717, 1.165) is 3.57 Å². The number of rotatable bonds is 2. The van der Waals surface area contributed by atoms with Gasteiger partial charge in [-0.2, -0.15) is 0 Å². The predicted octanol–water partition coefficient (Wildman–Crippen LogP) is 4.25. The van der Waals surface area contributed by atoms with Crippen molar-refractivity contribution in [2.45, 2.75) is 0 Å². The molecule has 92 valence electrons. The molecule has 1 N–H and O–H groups in total. The lowest BCUT2D eigenvalue weighted by atomic mass is 10.2. The first-order valence-corrected chi connectivity index (χ1v) is 6.77. The van der Waals surface area contributed by atoms with Crippen molar-refractivity contribution in [1.29, 1.82) is 0 Å². The number of nitrogens with zero attached hydrogens (tertiary/aromatic N) is 1. The van der Waals surface area contributed by atoms with Crippen molar-refractivity contribution in [3.8, 4) is 0 Å². The molecule has 3 nitrogen and oxygen atoms in total. The van der Waals surface area contributed by atoms with Crippen LogP contribution in [0, 0.1) is 3.57 Å². The number of hydrogen-bond acceptors (Lipinski definition) is 2. The number of hydrogen-bond donors (Lipinski definition) is 1. The van der Waals surface area contributed by atoms with Crippen LogP contribution in [-0.2, 0) is 0 Å². The van der Waals surface area contributed by atoms with Crippen molar-refractivity contribution in [2.24, 2.45) is 0 Å². The minimum Gasteiger partial charge on any atom is -0.321 e. The molecule has 0 aliphatic rings. The van der Waals surface area contributed by atoms with Gasteiger partial charge in [0, 0.05) is 16.0 Å². The van der Waals surface area contributed by atoms with E-state index in [4.69, 9.17) is 23.2 Å². The Balaban J connectivity index is 2.24. The summed E-state index contributed by atoms with van der Waals surface area (Å²) in [5, 5.41) is 3.50. The van der Waals surface area contributed by atoms with Crippen LogP contribution in [0.5, 0.6) is 0 Å². The van der Waals surface area contributed by atoms with E-state index >= 15 is 0 Å². The molecule has 0 saturated carbocycles. The summed E-state index contributed by atoms with van der Waals surface area (Å²) >= 11 is 14.1. The van der Waals surface area contributed by atoms with Crippen LogP contribution in [0.15, 0.2) is 36.7 Å². The smallest absolute Gasteiger partial charge is 0.257 e. The number of carbonyl (C=O) groups excluding carboxylic acids is 1. The molecule has 1 heterocycles. The Morgan fingerprint density at radius 1 is 1.22 bits per heavy atom. The van der Waals surface area contributed by atoms with E-state index in [2.05, 4.69) is 32.9 Å². The lowest BCUT2D eigenvalue weighted by Gasteiger charge is -2.08. The van der Waals surface area contributed by atoms with E-state index in [-0.39, 0.29) is 5.91 Å². The Hall–Kier alpha value is -0.850. The summed E-state index contributed by atoms with van der Waals surface area (Å²) in [5.41, 5.74) is 0.913. The number of pyridine rings is 1. The lowest BCUT2D eigenvalue weighted by Crippen LogP contribution is -2.12. The van der Waals surface area contributed by atoms with Gasteiger partial charge in [-0.3, -0.25) is 9.78 Å². The zero-order valence-electron chi connectivity index (χ0n) is 8.95. The molecule has 2 aromatic rings. The van der Waals surface area contributed by atoms with E-state index in [1.54, 1.807) is 18.2 Å². The van der Waals surface area contributed by atoms with Gasteiger partial charge in [0.15, 0.2) is 0 Å². The third-order valence-corrected chi connectivity index (χ3v) is 3.48.